The molecule has 1 aliphatic rings. The molecule has 1 aliphatic heterocycles. The molecule has 64 valence electrons. The molecular weight excluding hydrogens is 150 g/mol. The molecule has 0 saturated heterocycles. The van der Waals surface area contributed by atoms with Crippen molar-refractivity contribution in [1.29, 1.82) is 0 Å². The second kappa shape index (κ2) is 3.11. The molecule has 1 aromatic heterocycles. The van der Waals surface area contributed by atoms with Crippen molar-refractivity contribution < 1.29 is 0 Å². The van der Waals surface area contributed by atoms with Crippen molar-refractivity contribution in [3.63, 3.8) is 0 Å². The Labute approximate surface area is 72.2 Å². The van der Waals surface area contributed by atoms with E-state index in [9.17, 15) is 0 Å². The van der Waals surface area contributed by atoms with Crippen molar-refractivity contribution in [3.8, 4) is 0 Å². The Kier molecular flexibility index (Phi) is 1.96. The van der Waals surface area contributed by atoms with E-state index >= 15 is 0 Å². The highest BCUT2D eigenvalue weighted by Gasteiger charge is 2.17. The van der Waals surface area contributed by atoms with Crippen LogP contribution in [-0.4, -0.2) is 24.6 Å². The zero-order chi connectivity index (χ0) is 8.39. The normalized spacial score (nSPS) is 14.9. The fourth-order valence-corrected chi connectivity index (χ4v) is 1.66. The fourth-order valence-electron chi connectivity index (χ4n) is 1.66. The lowest BCUT2D eigenvalue weighted by Gasteiger charge is -2.17. The lowest BCUT2D eigenvalue weighted by atomic mass is 10.3. The van der Waals surface area contributed by atoms with Gasteiger partial charge in [-0.2, -0.15) is 0 Å². The predicted molar refractivity (Wildman–Crippen MR) is 49.2 cm³/mol. The highest BCUT2D eigenvalue weighted by Crippen LogP contribution is 2.24. The van der Waals surface area contributed by atoms with Crippen LogP contribution in [0.15, 0.2) is 18.3 Å². The van der Waals surface area contributed by atoms with Gasteiger partial charge in [-0.25, -0.2) is 0 Å². The van der Waals surface area contributed by atoms with E-state index in [2.05, 4.69) is 16.0 Å². The van der Waals surface area contributed by atoms with Crippen molar-refractivity contribution in [1.82, 2.24) is 4.98 Å². The van der Waals surface area contributed by atoms with Gasteiger partial charge < -0.3 is 10.6 Å². The van der Waals surface area contributed by atoms with Crippen molar-refractivity contribution >= 4 is 5.69 Å². The third-order valence-electron chi connectivity index (χ3n) is 2.22. The first-order valence-corrected chi connectivity index (χ1v) is 4.31. The Hall–Kier alpha value is -1.09. The first kappa shape index (κ1) is 7.55. The monoisotopic (exact) mass is 163 g/mol. The summed E-state index contributed by atoms with van der Waals surface area (Å²) >= 11 is 0. The molecule has 0 aliphatic carbocycles. The standard InChI is InChI=1S/C9H13N3/c10-4-7-12-6-3-8-9(12)2-1-5-11-8/h1-2,5H,3-4,6-7,10H2. The van der Waals surface area contributed by atoms with Gasteiger partial charge in [0, 0.05) is 32.3 Å². The van der Waals surface area contributed by atoms with Crippen molar-refractivity contribution in [2.45, 2.75) is 6.42 Å². The van der Waals surface area contributed by atoms with Gasteiger partial charge in [0.2, 0.25) is 0 Å². The summed E-state index contributed by atoms with van der Waals surface area (Å²) in [6.07, 6.45) is 2.92. The van der Waals surface area contributed by atoms with E-state index in [0.717, 1.165) is 19.5 Å². The number of nitrogens with zero attached hydrogens (tertiary/aromatic N) is 2. The first-order chi connectivity index (χ1) is 5.92. The van der Waals surface area contributed by atoms with Gasteiger partial charge in [-0.15, -0.1) is 0 Å². The third kappa shape index (κ3) is 1.16. The lowest BCUT2D eigenvalue weighted by Crippen LogP contribution is -2.27. The molecule has 0 amide bonds. The molecule has 1 aromatic rings. The average Bonchev–Trinajstić information content (AvgIpc) is 2.50. The minimum absolute atomic E-state index is 0.717. The zero-order valence-electron chi connectivity index (χ0n) is 7.03. The van der Waals surface area contributed by atoms with Gasteiger partial charge in [0.1, 0.15) is 0 Å². The van der Waals surface area contributed by atoms with Gasteiger partial charge in [-0.3, -0.25) is 4.98 Å². The van der Waals surface area contributed by atoms with Crippen molar-refractivity contribution in [3.05, 3.63) is 24.0 Å². The van der Waals surface area contributed by atoms with Crippen molar-refractivity contribution in [2.24, 2.45) is 5.73 Å². The number of aromatic nitrogens is 1. The van der Waals surface area contributed by atoms with Crippen LogP contribution in [0.2, 0.25) is 0 Å². The van der Waals surface area contributed by atoms with Gasteiger partial charge in [0.05, 0.1) is 11.4 Å². The Balaban J connectivity index is 2.24. The summed E-state index contributed by atoms with van der Waals surface area (Å²) in [6, 6.07) is 4.10. The maximum atomic E-state index is 5.50. The molecule has 2 heterocycles. The van der Waals surface area contributed by atoms with Crippen LogP contribution in [0.5, 0.6) is 0 Å². The Morgan fingerprint density at radius 1 is 1.58 bits per heavy atom. The van der Waals surface area contributed by atoms with Gasteiger partial charge in [0.25, 0.3) is 0 Å². The van der Waals surface area contributed by atoms with E-state index in [1.54, 1.807) is 0 Å². The van der Waals surface area contributed by atoms with Crippen LogP contribution in [0.1, 0.15) is 5.69 Å². The maximum Gasteiger partial charge on any atom is 0.0654 e. The van der Waals surface area contributed by atoms with E-state index in [1.165, 1.54) is 11.4 Å². The van der Waals surface area contributed by atoms with Crippen LogP contribution >= 0.6 is 0 Å². The summed E-state index contributed by atoms with van der Waals surface area (Å²) in [4.78, 5) is 6.60. The SMILES string of the molecule is NCCN1CCc2ncccc21. The molecule has 2 rings (SSSR count). The molecule has 0 radical (unpaired) electrons. The number of hydrogen-bond donors (Lipinski definition) is 1. The molecule has 3 heteroatoms. The Bertz CT molecular complexity index is 270. The predicted octanol–water partition coefficient (Wildman–Crippen LogP) is 0.403. The van der Waals surface area contributed by atoms with Crippen LogP contribution < -0.4 is 10.6 Å². The molecule has 2 N–H and O–H groups in total. The summed E-state index contributed by atoms with van der Waals surface area (Å²) in [5.41, 5.74) is 7.98. The van der Waals surface area contributed by atoms with Gasteiger partial charge in [0.15, 0.2) is 0 Å². The Morgan fingerprint density at radius 3 is 3.33 bits per heavy atom. The van der Waals surface area contributed by atoms with E-state index in [-0.39, 0.29) is 0 Å². The molecular formula is C9H13N3. The number of hydrogen-bond acceptors (Lipinski definition) is 3. The summed E-state index contributed by atoms with van der Waals surface area (Å²) in [5, 5.41) is 0. The molecule has 0 unspecified atom stereocenters. The summed E-state index contributed by atoms with van der Waals surface area (Å²) < 4.78 is 0. The van der Waals surface area contributed by atoms with Gasteiger partial charge in [-0.05, 0) is 12.1 Å². The third-order valence-corrected chi connectivity index (χ3v) is 2.22. The van der Waals surface area contributed by atoms with Crippen LogP contribution in [-0.2, 0) is 6.42 Å². The topological polar surface area (TPSA) is 42.1 Å². The molecule has 3 nitrogen and oxygen atoms in total. The number of anilines is 1. The molecule has 0 saturated carbocycles. The second-order valence-corrected chi connectivity index (χ2v) is 2.99. The lowest BCUT2D eigenvalue weighted by molar-refractivity contribution is 0.819. The zero-order valence-corrected chi connectivity index (χ0v) is 7.03. The summed E-state index contributed by atoms with van der Waals surface area (Å²) in [6.45, 7) is 2.73. The van der Waals surface area contributed by atoms with Crippen LogP contribution in [0.4, 0.5) is 5.69 Å². The fraction of sp³-hybridized carbons (Fsp3) is 0.444. The minimum atomic E-state index is 0.717. The van der Waals surface area contributed by atoms with Gasteiger partial charge >= 0.3 is 0 Å². The average molecular weight is 163 g/mol. The molecule has 0 fully saturated rings. The molecule has 0 atom stereocenters. The summed E-state index contributed by atoms with van der Waals surface area (Å²) in [7, 11) is 0. The number of fused-ring (bicyclic) bond motifs is 1. The highest BCUT2D eigenvalue weighted by atomic mass is 15.2. The molecule has 0 spiro atoms. The largest absolute Gasteiger partial charge is 0.368 e. The van der Waals surface area contributed by atoms with E-state index in [0.29, 0.717) is 6.54 Å². The summed E-state index contributed by atoms with van der Waals surface area (Å²) in [5.74, 6) is 0. The highest BCUT2D eigenvalue weighted by molar-refractivity contribution is 5.54. The Morgan fingerprint density at radius 2 is 2.50 bits per heavy atom. The van der Waals surface area contributed by atoms with Crippen molar-refractivity contribution in [2.75, 3.05) is 24.5 Å². The maximum absolute atomic E-state index is 5.50. The second-order valence-electron chi connectivity index (χ2n) is 2.99. The molecule has 12 heavy (non-hydrogen) atoms. The quantitative estimate of drug-likeness (QED) is 0.686. The molecule has 0 bridgehead atoms. The number of rotatable bonds is 2. The van der Waals surface area contributed by atoms with E-state index in [4.69, 9.17) is 5.73 Å². The van der Waals surface area contributed by atoms with E-state index < -0.39 is 0 Å². The van der Waals surface area contributed by atoms with Crippen LogP contribution in [0.3, 0.4) is 0 Å². The minimum Gasteiger partial charge on any atom is -0.368 e. The number of pyridine rings is 1. The smallest absolute Gasteiger partial charge is 0.0654 e. The van der Waals surface area contributed by atoms with Crippen LogP contribution in [0, 0.1) is 0 Å². The van der Waals surface area contributed by atoms with Crippen LogP contribution in [0.25, 0.3) is 0 Å². The van der Waals surface area contributed by atoms with E-state index in [1.807, 2.05) is 12.3 Å². The molecule has 0 aromatic carbocycles. The van der Waals surface area contributed by atoms with Gasteiger partial charge in [-0.1, -0.05) is 0 Å². The first-order valence-electron chi connectivity index (χ1n) is 4.31. The number of nitrogens with two attached hydrogens (primary N) is 1.